The van der Waals surface area contributed by atoms with Crippen molar-refractivity contribution in [1.29, 1.82) is 0 Å². The lowest BCUT2D eigenvalue weighted by atomic mass is 9.90. The normalized spacial score (nSPS) is 14.5. The molecular formula is C46H26Si. The Balaban J connectivity index is 1.35. The second-order valence-electron chi connectivity index (χ2n) is 13.6. The number of hydrogen-bond donors (Lipinski definition) is 0. The van der Waals surface area contributed by atoms with Gasteiger partial charge in [0.15, 0.2) is 8.07 Å². The van der Waals surface area contributed by atoms with Crippen LogP contribution in [0.4, 0.5) is 0 Å². The van der Waals surface area contributed by atoms with Gasteiger partial charge in [0.05, 0.1) is 0 Å². The fraction of sp³-hybridized carbons (Fsp3) is 0. The van der Waals surface area contributed by atoms with Crippen LogP contribution in [-0.2, 0) is 0 Å². The van der Waals surface area contributed by atoms with E-state index in [9.17, 15) is 0 Å². The van der Waals surface area contributed by atoms with E-state index in [1.807, 2.05) is 0 Å². The van der Waals surface area contributed by atoms with Gasteiger partial charge >= 0.3 is 0 Å². The highest BCUT2D eigenvalue weighted by Crippen LogP contribution is 2.42. The van der Waals surface area contributed by atoms with Crippen molar-refractivity contribution in [2.45, 2.75) is 0 Å². The Morgan fingerprint density at radius 1 is 0.298 bits per heavy atom. The first-order chi connectivity index (χ1) is 23.3. The first-order valence-corrected chi connectivity index (χ1v) is 18.6. The van der Waals surface area contributed by atoms with Crippen molar-refractivity contribution in [1.82, 2.24) is 0 Å². The van der Waals surface area contributed by atoms with Crippen LogP contribution in [0.15, 0.2) is 146 Å². The largest absolute Gasteiger partial charge is 0.182 e. The summed E-state index contributed by atoms with van der Waals surface area (Å²) in [6.07, 6.45) is 4.95. The molecule has 0 radical (unpaired) electrons. The van der Waals surface area contributed by atoms with Crippen LogP contribution in [0.25, 0.3) is 87.9 Å². The molecule has 12 rings (SSSR count). The molecule has 0 saturated carbocycles. The van der Waals surface area contributed by atoms with Crippen LogP contribution in [0.3, 0.4) is 0 Å². The third kappa shape index (κ3) is 2.79. The zero-order chi connectivity index (χ0) is 30.4. The second kappa shape index (κ2) is 8.33. The number of hydrogen-bond acceptors (Lipinski definition) is 0. The fourth-order valence-electron chi connectivity index (χ4n) is 9.77. The molecule has 1 heteroatoms. The van der Waals surface area contributed by atoms with Gasteiger partial charge in [-0.1, -0.05) is 158 Å². The van der Waals surface area contributed by atoms with Crippen LogP contribution in [0.2, 0.25) is 0 Å². The van der Waals surface area contributed by atoms with Crippen LogP contribution in [0, 0.1) is 0 Å². The minimum absolute atomic E-state index is 1.31. The van der Waals surface area contributed by atoms with Crippen LogP contribution in [-0.4, -0.2) is 8.07 Å². The molecule has 0 amide bonds. The molecule has 10 aromatic carbocycles. The molecule has 0 unspecified atom stereocenters. The summed E-state index contributed by atoms with van der Waals surface area (Å²) in [5.74, 6) is 0. The fourth-order valence-corrected chi connectivity index (χ4v) is 15.4. The maximum absolute atomic E-state index is 2.81. The molecule has 0 N–H and O–H groups in total. The molecule has 0 nitrogen and oxygen atoms in total. The third-order valence-electron chi connectivity index (χ3n) is 11.6. The quantitative estimate of drug-likeness (QED) is 0.119. The molecule has 1 spiro atoms. The van der Waals surface area contributed by atoms with Crippen molar-refractivity contribution in [3.05, 3.63) is 157 Å². The molecule has 2 aliphatic rings. The summed E-state index contributed by atoms with van der Waals surface area (Å²) in [5, 5.41) is 22.2. The van der Waals surface area contributed by atoms with Gasteiger partial charge in [-0.25, -0.2) is 0 Å². The van der Waals surface area contributed by atoms with Crippen molar-refractivity contribution in [3.63, 3.8) is 0 Å². The summed E-state index contributed by atoms with van der Waals surface area (Å²) in [6.45, 7) is 0. The summed E-state index contributed by atoms with van der Waals surface area (Å²) in [4.78, 5) is 0. The van der Waals surface area contributed by atoms with E-state index in [0.717, 1.165) is 0 Å². The molecule has 0 fully saturated rings. The smallest absolute Gasteiger partial charge is 0.0623 e. The van der Waals surface area contributed by atoms with Gasteiger partial charge in [0.1, 0.15) is 0 Å². The highest BCUT2D eigenvalue weighted by molar-refractivity contribution is 7.23. The predicted octanol–water partition coefficient (Wildman–Crippen LogP) is 9.32. The van der Waals surface area contributed by atoms with E-state index in [-0.39, 0.29) is 0 Å². The molecular weight excluding hydrogens is 581 g/mol. The lowest BCUT2D eigenvalue weighted by Gasteiger charge is -2.34. The zero-order valence-corrected chi connectivity index (χ0v) is 26.5. The monoisotopic (exact) mass is 606 g/mol. The van der Waals surface area contributed by atoms with E-state index in [4.69, 9.17) is 0 Å². The third-order valence-corrected chi connectivity index (χ3v) is 16.5. The number of rotatable bonds is 0. The lowest BCUT2D eigenvalue weighted by molar-refractivity contribution is 1.71. The molecule has 0 bridgehead atoms. The van der Waals surface area contributed by atoms with E-state index < -0.39 is 8.07 Å². The van der Waals surface area contributed by atoms with E-state index in [1.54, 1.807) is 0 Å². The maximum Gasteiger partial charge on any atom is 0.182 e. The highest BCUT2D eigenvalue weighted by Gasteiger charge is 2.51. The molecule has 0 aromatic heterocycles. The van der Waals surface area contributed by atoms with Crippen molar-refractivity contribution < 1.29 is 0 Å². The average Bonchev–Trinajstić information content (AvgIpc) is 3.34. The predicted molar refractivity (Wildman–Crippen MR) is 205 cm³/mol. The van der Waals surface area contributed by atoms with Crippen molar-refractivity contribution in [2.24, 2.45) is 0 Å². The van der Waals surface area contributed by atoms with Gasteiger partial charge in [0.2, 0.25) is 0 Å². The number of fused-ring (bicyclic) bond motifs is 11. The maximum atomic E-state index is 2.60. The molecule has 0 aliphatic carbocycles. The minimum atomic E-state index is -2.81. The Kier molecular flexibility index (Phi) is 4.34. The van der Waals surface area contributed by atoms with Gasteiger partial charge in [-0.05, 0) is 108 Å². The Labute approximate surface area is 272 Å². The summed E-state index contributed by atoms with van der Waals surface area (Å²) in [5.41, 5.74) is 5.55. The second-order valence-corrected chi connectivity index (χ2v) is 17.2. The standard InChI is InChI=1S/C46H26Si/c1-3-13-39-33(11-1)34-12-2-4-14-40(34)47(39)41-25-31-17-15-27-7-5-9-29-19-21-37(45(31)43(27)29)35(41)23-24-36-38-22-20-30-10-6-8-28-16-18-32(26-42(36)47)46(38)44(28)30/h1-26H. The summed E-state index contributed by atoms with van der Waals surface area (Å²) in [7, 11) is -2.81. The topological polar surface area (TPSA) is 0 Å². The first kappa shape index (κ1) is 24.5. The van der Waals surface area contributed by atoms with Crippen LogP contribution in [0.5, 0.6) is 0 Å². The average molecular weight is 607 g/mol. The molecule has 47 heavy (non-hydrogen) atoms. The Bertz CT molecular complexity index is 2780. The summed E-state index contributed by atoms with van der Waals surface area (Å²) in [6, 6.07) is 56.1. The molecule has 10 aromatic rings. The lowest BCUT2D eigenvalue weighted by Crippen LogP contribution is -2.73. The Morgan fingerprint density at radius 2 is 0.702 bits per heavy atom. The van der Waals surface area contributed by atoms with Crippen molar-refractivity contribution >= 4 is 106 Å². The van der Waals surface area contributed by atoms with E-state index in [0.29, 0.717) is 0 Å². The van der Waals surface area contributed by atoms with Gasteiger partial charge < -0.3 is 0 Å². The Hall–Kier alpha value is -5.76. The van der Waals surface area contributed by atoms with E-state index >= 15 is 0 Å². The van der Waals surface area contributed by atoms with Gasteiger partial charge in [0.25, 0.3) is 0 Å². The molecule has 214 valence electrons. The van der Waals surface area contributed by atoms with Gasteiger partial charge in [0, 0.05) is 0 Å². The molecule has 2 heterocycles. The minimum Gasteiger partial charge on any atom is -0.0623 e. The van der Waals surface area contributed by atoms with Crippen molar-refractivity contribution in [3.8, 4) is 11.1 Å². The SMILES string of the molecule is C1=Cc2c(cc3ccc4cccc5ccc2c3c45)[Si]2(c3ccccc3-c3ccccc32)c2cc3ccc4cccc5ccc(c21)c3c45. The van der Waals surface area contributed by atoms with Crippen LogP contribution >= 0.6 is 0 Å². The zero-order valence-electron chi connectivity index (χ0n) is 25.5. The molecule has 0 saturated heterocycles. The van der Waals surface area contributed by atoms with Crippen LogP contribution in [0.1, 0.15) is 11.1 Å². The number of benzene rings is 10. The van der Waals surface area contributed by atoms with Gasteiger partial charge in [-0.2, -0.15) is 0 Å². The van der Waals surface area contributed by atoms with Gasteiger partial charge in [-0.15, -0.1) is 0 Å². The molecule has 0 atom stereocenters. The molecule has 2 aliphatic heterocycles. The Morgan fingerprint density at radius 3 is 1.17 bits per heavy atom. The van der Waals surface area contributed by atoms with Crippen LogP contribution < -0.4 is 20.7 Å². The summed E-state index contributed by atoms with van der Waals surface area (Å²) >= 11 is 0. The van der Waals surface area contributed by atoms with Gasteiger partial charge in [-0.3, -0.25) is 0 Å². The highest BCUT2D eigenvalue weighted by atomic mass is 28.3. The summed E-state index contributed by atoms with van der Waals surface area (Å²) < 4.78 is 0. The van der Waals surface area contributed by atoms with E-state index in [2.05, 4.69) is 158 Å². The van der Waals surface area contributed by atoms with E-state index in [1.165, 1.54) is 108 Å². The first-order valence-electron chi connectivity index (χ1n) is 16.6. The van der Waals surface area contributed by atoms with Crippen molar-refractivity contribution in [2.75, 3.05) is 0 Å².